The number of benzene rings is 1. The van der Waals surface area contributed by atoms with Crippen LogP contribution in [0.25, 0.3) is 0 Å². The van der Waals surface area contributed by atoms with Crippen molar-refractivity contribution in [2.45, 2.75) is 30.7 Å². The molecule has 0 spiro atoms. The molecule has 0 aliphatic rings. The molecule has 0 saturated carbocycles. The van der Waals surface area contributed by atoms with Gasteiger partial charge in [0, 0.05) is 24.3 Å². The Morgan fingerprint density at radius 2 is 2.04 bits per heavy atom. The lowest BCUT2D eigenvalue weighted by Gasteiger charge is -2.10. The minimum atomic E-state index is -0.388. The number of amides is 2. The molecule has 10 heteroatoms. The van der Waals surface area contributed by atoms with E-state index < -0.39 is 0 Å². The predicted octanol–water partition coefficient (Wildman–Crippen LogP) is 2.88. The molecule has 0 fully saturated rings. The van der Waals surface area contributed by atoms with Gasteiger partial charge in [0.2, 0.25) is 11.8 Å². The Bertz CT molecular complexity index is 970. The number of thiazole rings is 1. The summed E-state index contributed by atoms with van der Waals surface area (Å²) in [6.45, 7) is 3.72. The number of hydrogen-bond acceptors (Lipinski definition) is 7. The minimum absolute atomic E-state index is 0.0953. The van der Waals surface area contributed by atoms with Gasteiger partial charge in [0.1, 0.15) is 5.82 Å². The van der Waals surface area contributed by atoms with Crippen LogP contribution in [0.4, 0.5) is 10.8 Å². The molecule has 0 aliphatic heterocycles. The zero-order valence-electron chi connectivity index (χ0n) is 15.7. The molecule has 0 bridgehead atoms. The second-order valence-electron chi connectivity index (χ2n) is 6.08. The molecule has 1 atom stereocenters. The van der Waals surface area contributed by atoms with Crippen LogP contribution < -0.4 is 10.6 Å². The van der Waals surface area contributed by atoms with Crippen molar-refractivity contribution in [2.75, 3.05) is 10.6 Å². The van der Waals surface area contributed by atoms with Crippen LogP contribution in [0.1, 0.15) is 18.3 Å². The Morgan fingerprint density at radius 3 is 2.75 bits per heavy atom. The van der Waals surface area contributed by atoms with E-state index in [1.54, 1.807) is 30.1 Å². The molecule has 0 radical (unpaired) electrons. The summed E-state index contributed by atoms with van der Waals surface area (Å²) in [5, 5.41) is 16.4. The smallest absolute Gasteiger partial charge is 0.239 e. The number of anilines is 2. The first-order valence-electron chi connectivity index (χ1n) is 8.55. The molecule has 3 aromatic rings. The van der Waals surface area contributed by atoms with Crippen molar-refractivity contribution in [2.24, 2.45) is 7.05 Å². The summed E-state index contributed by atoms with van der Waals surface area (Å²) in [5.74, 6) is 0.193. The zero-order valence-corrected chi connectivity index (χ0v) is 17.3. The normalized spacial score (nSPS) is 11.8. The summed E-state index contributed by atoms with van der Waals surface area (Å²) in [6, 6.07) is 7.58. The fourth-order valence-electron chi connectivity index (χ4n) is 2.36. The Hall–Kier alpha value is -2.72. The molecule has 2 N–H and O–H groups in total. The van der Waals surface area contributed by atoms with Crippen LogP contribution in [0.5, 0.6) is 0 Å². The van der Waals surface area contributed by atoms with Crippen LogP contribution >= 0.6 is 23.1 Å². The molecule has 2 amide bonds. The van der Waals surface area contributed by atoms with Gasteiger partial charge < -0.3 is 15.2 Å². The maximum atomic E-state index is 12.3. The number of nitrogens with zero attached hydrogens (tertiary/aromatic N) is 4. The number of carbonyl (C=O) groups is 2. The first-order valence-corrected chi connectivity index (χ1v) is 10.3. The predicted molar refractivity (Wildman–Crippen MR) is 111 cm³/mol. The van der Waals surface area contributed by atoms with Crippen LogP contribution in [0, 0.1) is 6.92 Å². The van der Waals surface area contributed by atoms with Crippen LogP contribution in [0.3, 0.4) is 0 Å². The Morgan fingerprint density at radius 1 is 1.25 bits per heavy atom. The van der Waals surface area contributed by atoms with Gasteiger partial charge in [0.15, 0.2) is 10.3 Å². The number of aromatic nitrogens is 4. The fraction of sp³-hybridized carbons (Fsp3) is 0.278. The molecule has 0 saturated heterocycles. The quantitative estimate of drug-likeness (QED) is 0.574. The van der Waals surface area contributed by atoms with Crippen molar-refractivity contribution in [1.29, 1.82) is 0 Å². The maximum Gasteiger partial charge on any atom is 0.239 e. The second-order valence-corrected chi connectivity index (χ2v) is 8.29. The standard InChI is InChI=1S/C18H20N6O2S2/c1-11-6-4-5-7-13(11)20-15(25)10-14-22-23-18(24(14)3)28-12(2)16(26)21-17-19-8-9-27-17/h4-9,12H,10H2,1-3H3,(H,20,25)(H,19,21,26)/t12-/m0/s1. The summed E-state index contributed by atoms with van der Waals surface area (Å²) in [6.07, 6.45) is 1.73. The van der Waals surface area contributed by atoms with Gasteiger partial charge in [0.05, 0.1) is 11.7 Å². The summed E-state index contributed by atoms with van der Waals surface area (Å²) < 4.78 is 1.73. The van der Waals surface area contributed by atoms with Gasteiger partial charge in [-0.3, -0.25) is 9.59 Å². The third-order valence-corrected chi connectivity index (χ3v) is 5.80. The third kappa shape index (κ3) is 4.96. The summed E-state index contributed by atoms with van der Waals surface area (Å²) in [5.41, 5.74) is 1.77. The highest BCUT2D eigenvalue weighted by atomic mass is 32.2. The van der Waals surface area contributed by atoms with Crippen molar-refractivity contribution >= 4 is 45.7 Å². The van der Waals surface area contributed by atoms with Crippen molar-refractivity contribution in [3.05, 3.63) is 47.2 Å². The van der Waals surface area contributed by atoms with Gasteiger partial charge in [0.25, 0.3) is 0 Å². The lowest BCUT2D eigenvalue weighted by atomic mass is 10.2. The monoisotopic (exact) mass is 416 g/mol. The highest BCUT2D eigenvalue weighted by Crippen LogP contribution is 2.23. The fourth-order valence-corrected chi connectivity index (χ4v) is 3.72. The molecule has 2 aromatic heterocycles. The molecule has 2 heterocycles. The van der Waals surface area contributed by atoms with E-state index in [2.05, 4.69) is 25.8 Å². The van der Waals surface area contributed by atoms with Crippen molar-refractivity contribution in [1.82, 2.24) is 19.7 Å². The molecule has 8 nitrogen and oxygen atoms in total. The van der Waals surface area contributed by atoms with E-state index in [9.17, 15) is 9.59 Å². The molecule has 146 valence electrons. The first-order chi connectivity index (χ1) is 13.4. The van der Waals surface area contributed by atoms with Crippen molar-refractivity contribution in [3.8, 4) is 0 Å². The molecule has 0 aliphatic carbocycles. The number of nitrogens with one attached hydrogen (secondary N) is 2. The van der Waals surface area contributed by atoms with E-state index in [1.807, 2.05) is 31.2 Å². The number of aryl methyl sites for hydroxylation is 1. The van der Waals surface area contributed by atoms with Crippen molar-refractivity contribution < 1.29 is 9.59 Å². The second kappa shape index (κ2) is 8.98. The van der Waals surface area contributed by atoms with E-state index in [4.69, 9.17) is 0 Å². The van der Waals surface area contributed by atoms with Crippen molar-refractivity contribution in [3.63, 3.8) is 0 Å². The molecule has 0 unspecified atom stereocenters. The van der Waals surface area contributed by atoms with E-state index >= 15 is 0 Å². The van der Waals surface area contributed by atoms with Gasteiger partial charge in [-0.15, -0.1) is 21.5 Å². The van der Waals surface area contributed by atoms with Crippen LogP contribution in [0.15, 0.2) is 41.0 Å². The van der Waals surface area contributed by atoms with Crippen LogP contribution in [-0.2, 0) is 23.1 Å². The Balaban J connectivity index is 1.59. The highest BCUT2D eigenvalue weighted by molar-refractivity contribution is 8.00. The van der Waals surface area contributed by atoms with Gasteiger partial charge in [-0.1, -0.05) is 30.0 Å². The number of para-hydroxylation sites is 1. The molecular weight excluding hydrogens is 396 g/mol. The maximum absolute atomic E-state index is 12.3. The number of rotatable bonds is 7. The SMILES string of the molecule is Cc1ccccc1NC(=O)Cc1nnc(S[C@@H](C)C(=O)Nc2nccs2)n1C. The summed E-state index contributed by atoms with van der Waals surface area (Å²) >= 11 is 2.64. The van der Waals surface area contributed by atoms with E-state index in [1.165, 1.54) is 23.1 Å². The average Bonchev–Trinajstić information content (AvgIpc) is 3.29. The largest absolute Gasteiger partial charge is 0.325 e. The summed E-state index contributed by atoms with van der Waals surface area (Å²) in [4.78, 5) is 28.6. The molecule has 1 aromatic carbocycles. The van der Waals surface area contributed by atoms with Gasteiger partial charge in [-0.25, -0.2) is 4.98 Å². The molecular formula is C18H20N6O2S2. The van der Waals surface area contributed by atoms with Crippen LogP contribution in [0.2, 0.25) is 0 Å². The Labute approximate surface area is 170 Å². The topological polar surface area (TPSA) is 102 Å². The average molecular weight is 417 g/mol. The Kier molecular flexibility index (Phi) is 6.42. The van der Waals surface area contributed by atoms with Gasteiger partial charge >= 0.3 is 0 Å². The van der Waals surface area contributed by atoms with Crippen LogP contribution in [-0.4, -0.2) is 36.8 Å². The highest BCUT2D eigenvalue weighted by Gasteiger charge is 2.20. The summed E-state index contributed by atoms with van der Waals surface area (Å²) in [7, 11) is 1.78. The lowest BCUT2D eigenvalue weighted by molar-refractivity contribution is -0.116. The molecule has 28 heavy (non-hydrogen) atoms. The van der Waals surface area contributed by atoms with Gasteiger partial charge in [-0.05, 0) is 25.5 Å². The van der Waals surface area contributed by atoms with E-state index in [0.717, 1.165) is 11.3 Å². The van der Waals surface area contributed by atoms with E-state index in [-0.39, 0.29) is 23.5 Å². The van der Waals surface area contributed by atoms with E-state index in [0.29, 0.717) is 16.1 Å². The molecule has 3 rings (SSSR count). The number of hydrogen-bond donors (Lipinski definition) is 2. The zero-order chi connectivity index (χ0) is 20.1. The first kappa shape index (κ1) is 20.0. The third-order valence-electron chi connectivity index (χ3n) is 3.98. The minimum Gasteiger partial charge on any atom is -0.325 e. The van der Waals surface area contributed by atoms with Gasteiger partial charge in [-0.2, -0.15) is 0 Å². The lowest BCUT2D eigenvalue weighted by Crippen LogP contribution is -2.22. The number of carbonyl (C=O) groups excluding carboxylic acids is 2. The number of thioether (sulfide) groups is 1.